The number of rotatable bonds is 14. The topological polar surface area (TPSA) is 18.5 Å². The zero-order valence-electron chi connectivity index (χ0n) is 21.5. The van der Waals surface area contributed by atoms with Crippen LogP contribution in [0, 0.1) is 5.92 Å². The van der Waals surface area contributed by atoms with Crippen LogP contribution < -0.4 is 0 Å². The molecule has 32 heavy (non-hydrogen) atoms. The molecule has 2 rings (SSSR count). The highest BCUT2D eigenvalue weighted by molar-refractivity contribution is 6.77. The molecule has 2 nitrogen and oxygen atoms in total. The van der Waals surface area contributed by atoms with Gasteiger partial charge < -0.3 is 9.16 Å². The maximum absolute atomic E-state index is 6.81. The lowest BCUT2D eigenvalue weighted by molar-refractivity contribution is -0.00290. The first-order valence-electron chi connectivity index (χ1n) is 12.6. The van der Waals surface area contributed by atoms with Gasteiger partial charge in [0.2, 0.25) is 0 Å². The van der Waals surface area contributed by atoms with Crippen LogP contribution in [0.15, 0.2) is 60.7 Å². The second kappa shape index (κ2) is 13.3. The third-order valence-electron chi connectivity index (χ3n) is 7.03. The highest BCUT2D eigenvalue weighted by Gasteiger charge is 2.44. The Balaban J connectivity index is 2.00. The van der Waals surface area contributed by atoms with Gasteiger partial charge in [-0.2, -0.15) is 0 Å². The highest BCUT2D eigenvalue weighted by Crippen LogP contribution is 2.42. The second-order valence-electron chi connectivity index (χ2n) is 10.3. The monoisotopic (exact) mass is 454 g/mol. The van der Waals surface area contributed by atoms with Crippen molar-refractivity contribution >= 4 is 8.32 Å². The van der Waals surface area contributed by atoms with Crippen LogP contribution in [0.25, 0.3) is 0 Å². The first-order chi connectivity index (χ1) is 15.3. The largest absolute Gasteiger partial charge is 0.416 e. The van der Waals surface area contributed by atoms with E-state index in [0.29, 0.717) is 29.1 Å². The average molecular weight is 455 g/mol. The Morgan fingerprint density at radius 1 is 0.688 bits per heavy atom. The number of ether oxygens (including phenoxy) is 1. The molecule has 2 atom stereocenters. The van der Waals surface area contributed by atoms with Crippen molar-refractivity contribution in [2.45, 2.75) is 97.1 Å². The summed E-state index contributed by atoms with van der Waals surface area (Å²) in [5.41, 5.74) is 4.51. The van der Waals surface area contributed by atoms with E-state index in [9.17, 15) is 0 Å². The average Bonchev–Trinajstić information content (AvgIpc) is 2.76. The molecule has 0 amide bonds. The van der Waals surface area contributed by atoms with E-state index in [2.05, 4.69) is 109 Å². The second-order valence-corrected chi connectivity index (χ2v) is 15.8. The lowest BCUT2D eigenvalue weighted by atomic mass is 9.93. The van der Waals surface area contributed by atoms with Crippen molar-refractivity contribution in [2.75, 3.05) is 6.61 Å². The maximum Gasteiger partial charge on any atom is 0.200 e. The molecule has 178 valence electrons. The van der Waals surface area contributed by atoms with Crippen LogP contribution in [0.5, 0.6) is 0 Å². The zero-order chi connectivity index (χ0) is 23.6. The van der Waals surface area contributed by atoms with Crippen molar-refractivity contribution in [2.24, 2.45) is 5.92 Å². The summed E-state index contributed by atoms with van der Waals surface area (Å²) in [6.07, 6.45) is 3.37. The fourth-order valence-corrected chi connectivity index (χ4v) is 11.0. The fraction of sp³-hybridized carbons (Fsp3) is 0.586. The zero-order valence-corrected chi connectivity index (χ0v) is 22.5. The molecular weight excluding hydrogens is 408 g/mol. The van der Waals surface area contributed by atoms with E-state index in [4.69, 9.17) is 9.16 Å². The minimum atomic E-state index is -1.80. The summed E-state index contributed by atoms with van der Waals surface area (Å²) in [5.74, 6) is 0.461. The van der Waals surface area contributed by atoms with E-state index in [0.717, 1.165) is 25.9 Å². The number of hydrogen-bond acceptors (Lipinski definition) is 2. The van der Waals surface area contributed by atoms with Gasteiger partial charge in [0.05, 0.1) is 12.7 Å². The van der Waals surface area contributed by atoms with E-state index in [1.165, 1.54) is 11.1 Å². The first-order valence-corrected chi connectivity index (χ1v) is 14.7. The standard InChI is InChI=1S/C29H46O2Si/c1-23(2)32(24(3)4,25(5)6)31-20-14-19-29(30-22-28-17-12-9-13-18-28)26(7)21-27-15-10-8-11-16-27/h8-13,15-18,23-26,29H,14,19-22H2,1-7H3/t26-,29-/m1/s1. The molecule has 0 unspecified atom stereocenters. The molecule has 0 bridgehead atoms. The molecule has 0 fully saturated rings. The molecule has 0 N–H and O–H groups in total. The molecule has 2 aromatic rings. The molecule has 0 heterocycles. The lowest BCUT2D eigenvalue weighted by Gasteiger charge is -2.42. The predicted molar refractivity (Wildman–Crippen MR) is 141 cm³/mol. The van der Waals surface area contributed by atoms with Gasteiger partial charge in [0.1, 0.15) is 0 Å². The van der Waals surface area contributed by atoms with Crippen molar-refractivity contribution in [3.05, 3.63) is 71.8 Å². The third-order valence-corrected chi connectivity index (χ3v) is 13.2. The van der Waals surface area contributed by atoms with Gasteiger partial charge in [-0.25, -0.2) is 0 Å². The summed E-state index contributed by atoms with van der Waals surface area (Å²) >= 11 is 0. The highest BCUT2D eigenvalue weighted by atomic mass is 28.4. The molecular formula is C29H46O2Si. The van der Waals surface area contributed by atoms with Crippen LogP contribution >= 0.6 is 0 Å². The molecule has 0 radical (unpaired) electrons. The van der Waals surface area contributed by atoms with E-state index >= 15 is 0 Å². The number of hydrogen-bond donors (Lipinski definition) is 0. The van der Waals surface area contributed by atoms with Gasteiger partial charge >= 0.3 is 0 Å². The minimum absolute atomic E-state index is 0.229. The molecule has 0 aliphatic heterocycles. The summed E-state index contributed by atoms with van der Waals surface area (Å²) in [5, 5.41) is 0. The first kappa shape index (κ1) is 26.8. The molecule has 2 aromatic carbocycles. The summed E-state index contributed by atoms with van der Waals surface area (Å²) in [6, 6.07) is 21.3. The predicted octanol–water partition coefficient (Wildman–Crippen LogP) is 8.42. The van der Waals surface area contributed by atoms with Crippen molar-refractivity contribution in [1.29, 1.82) is 0 Å². The van der Waals surface area contributed by atoms with Crippen LogP contribution in [0.2, 0.25) is 16.6 Å². The van der Waals surface area contributed by atoms with E-state index in [1.807, 2.05) is 0 Å². The van der Waals surface area contributed by atoms with Gasteiger partial charge in [-0.1, -0.05) is 109 Å². The van der Waals surface area contributed by atoms with Gasteiger partial charge in [0.25, 0.3) is 0 Å². The van der Waals surface area contributed by atoms with Crippen LogP contribution in [0.3, 0.4) is 0 Å². The molecule has 0 saturated heterocycles. The van der Waals surface area contributed by atoms with E-state index < -0.39 is 8.32 Å². The van der Waals surface area contributed by atoms with E-state index in [1.54, 1.807) is 0 Å². The van der Waals surface area contributed by atoms with Crippen molar-refractivity contribution in [3.8, 4) is 0 Å². The van der Waals surface area contributed by atoms with E-state index in [-0.39, 0.29) is 6.10 Å². The van der Waals surface area contributed by atoms with Gasteiger partial charge in [0, 0.05) is 6.61 Å². The molecule has 0 aliphatic carbocycles. The van der Waals surface area contributed by atoms with Crippen molar-refractivity contribution < 1.29 is 9.16 Å². The molecule has 0 aromatic heterocycles. The quantitative estimate of drug-likeness (QED) is 0.211. The van der Waals surface area contributed by atoms with Gasteiger partial charge in [-0.3, -0.25) is 0 Å². The molecule has 0 spiro atoms. The lowest BCUT2D eigenvalue weighted by Crippen LogP contribution is -2.48. The molecule has 0 aliphatic rings. The SMILES string of the molecule is CC(C)[Si](OCCC[C@@H](OCc1ccccc1)[C@H](C)Cc1ccccc1)(C(C)C)C(C)C. The van der Waals surface area contributed by atoms with Crippen LogP contribution in [-0.2, 0) is 22.2 Å². The van der Waals surface area contributed by atoms with Crippen LogP contribution in [0.4, 0.5) is 0 Å². The summed E-state index contributed by atoms with van der Waals surface area (Å²) in [6.45, 7) is 18.0. The third kappa shape index (κ3) is 7.57. The Morgan fingerprint density at radius 2 is 1.19 bits per heavy atom. The van der Waals surface area contributed by atoms with Crippen LogP contribution in [0.1, 0.15) is 72.4 Å². The Hall–Kier alpha value is -1.42. The van der Waals surface area contributed by atoms with Crippen molar-refractivity contribution in [1.82, 2.24) is 0 Å². The Labute approximate surface area is 198 Å². The fourth-order valence-electron chi connectivity index (χ4n) is 5.46. The summed E-state index contributed by atoms with van der Waals surface area (Å²) in [4.78, 5) is 0. The normalized spacial score (nSPS) is 14.3. The minimum Gasteiger partial charge on any atom is -0.416 e. The molecule has 0 saturated carbocycles. The summed E-state index contributed by atoms with van der Waals surface area (Å²) in [7, 11) is -1.80. The number of benzene rings is 2. The van der Waals surface area contributed by atoms with Gasteiger partial charge in [-0.05, 0) is 52.9 Å². The van der Waals surface area contributed by atoms with Crippen molar-refractivity contribution in [3.63, 3.8) is 0 Å². The van der Waals surface area contributed by atoms with Gasteiger partial charge in [-0.15, -0.1) is 0 Å². The smallest absolute Gasteiger partial charge is 0.200 e. The maximum atomic E-state index is 6.81. The Bertz CT molecular complexity index is 720. The Morgan fingerprint density at radius 3 is 1.69 bits per heavy atom. The van der Waals surface area contributed by atoms with Gasteiger partial charge in [0.15, 0.2) is 8.32 Å². The van der Waals surface area contributed by atoms with Crippen LogP contribution in [-0.4, -0.2) is 21.0 Å². The summed E-state index contributed by atoms with van der Waals surface area (Å²) < 4.78 is 13.3. The molecule has 3 heteroatoms. The Kier molecular flexibility index (Phi) is 11.2.